The fraction of sp³-hybridized carbons (Fsp3) is 0. The zero-order valence-corrected chi connectivity index (χ0v) is 31.7. The molecule has 12 aromatic rings. The van der Waals surface area contributed by atoms with Crippen LogP contribution in [0, 0.1) is 0 Å². The van der Waals surface area contributed by atoms with Gasteiger partial charge < -0.3 is 9.47 Å². The van der Waals surface area contributed by atoms with Gasteiger partial charge in [0, 0.05) is 53.4 Å². The molecule has 57 heavy (non-hydrogen) atoms. The van der Waals surface area contributed by atoms with Crippen LogP contribution in [0.15, 0.2) is 206 Å². The van der Waals surface area contributed by atoms with Gasteiger partial charge in [-0.3, -0.25) is 0 Å². The van der Waals surface area contributed by atoms with E-state index in [2.05, 4.69) is 216 Å². The van der Waals surface area contributed by atoms with Gasteiger partial charge in [-0.15, -0.1) is 11.3 Å². The maximum atomic E-state index is 2.49. The van der Waals surface area contributed by atoms with Crippen LogP contribution >= 0.6 is 11.3 Å². The molecule has 0 atom stereocenters. The van der Waals surface area contributed by atoms with Crippen molar-refractivity contribution in [1.82, 2.24) is 4.57 Å². The Morgan fingerprint density at radius 3 is 1.86 bits per heavy atom. The lowest BCUT2D eigenvalue weighted by Gasteiger charge is -2.28. The van der Waals surface area contributed by atoms with Gasteiger partial charge in [-0.05, 0) is 105 Å². The first-order chi connectivity index (χ1) is 28.2. The highest BCUT2D eigenvalue weighted by Crippen LogP contribution is 2.46. The molecule has 0 bridgehead atoms. The van der Waals surface area contributed by atoms with Crippen molar-refractivity contribution in [1.29, 1.82) is 0 Å². The zero-order valence-electron chi connectivity index (χ0n) is 30.9. The number of anilines is 3. The van der Waals surface area contributed by atoms with E-state index in [9.17, 15) is 0 Å². The molecule has 0 aliphatic carbocycles. The third-order valence-electron chi connectivity index (χ3n) is 11.7. The van der Waals surface area contributed by atoms with Gasteiger partial charge in [0.1, 0.15) is 0 Å². The number of rotatable bonds is 5. The molecule has 2 heterocycles. The lowest BCUT2D eigenvalue weighted by Crippen LogP contribution is -2.11. The highest BCUT2D eigenvalue weighted by atomic mass is 32.1. The van der Waals surface area contributed by atoms with E-state index >= 15 is 0 Å². The fourth-order valence-corrected chi connectivity index (χ4v) is 10.2. The van der Waals surface area contributed by atoms with Gasteiger partial charge >= 0.3 is 0 Å². The second kappa shape index (κ2) is 12.7. The summed E-state index contributed by atoms with van der Waals surface area (Å²) in [5, 5.41) is 12.5. The first kappa shape index (κ1) is 32.1. The number of nitrogens with zero attached hydrogens (tertiary/aromatic N) is 2. The first-order valence-electron chi connectivity index (χ1n) is 19.5. The van der Waals surface area contributed by atoms with E-state index in [0.29, 0.717) is 0 Å². The van der Waals surface area contributed by atoms with Crippen molar-refractivity contribution in [3.8, 4) is 16.8 Å². The Bertz CT molecular complexity index is 3540. The van der Waals surface area contributed by atoms with Crippen LogP contribution in [0.25, 0.3) is 91.1 Å². The molecule has 0 unspecified atom stereocenters. The number of fused-ring (bicyclic) bond motifs is 10. The summed E-state index contributed by atoms with van der Waals surface area (Å²) in [6.07, 6.45) is 0. The molecule has 12 rings (SSSR count). The van der Waals surface area contributed by atoms with Crippen LogP contribution in [0.1, 0.15) is 0 Å². The lowest BCUT2D eigenvalue weighted by atomic mass is 9.96. The normalized spacial score (nSPS) is 11.9. The smallest absolute Gasteiger partial charge is 0.0561 e. The summed E-state index contributed by atoms with van der Waals surface area (Å²) >= 11 is 1.89. The zero-order chi connectivity index (χ0) is 37.5. The maximum Gasteiger partial charge on any atom is 0.0561 e. The maximum absolute atomic E-state index is 2.49. The Morgan fingerprint density at radius 2 is 0.982 bits per heavy atom. The molecular formula is C54H34N2S. The molecule has 2 nitrogen and oxygen atoms in total. The van der Waals surface area contributed by atoms with Crippen molar-refractivity contribution in [3.05, 3.63) is 206 Å². The minimum atomic E-state index is 1.10. The number of hydrogen-bond acceptors (Lipinski definition) is 2. The van der Waals surface area contributed by atoms with Gasteiger partial charge in [-0.1, -0.05) is 140 Å². The minimum Gasteiger partial charge on any atom is -0.310 e. The summed E-state index contributed by atoms with van der Waals surface area (Å²) in [5.41, 5.74) is 9.28. The quantitative estimate of drug-likeness (QED) is 0.170. The summed E-state index contributed by atoms with van der Waals surface area (Å²) in [7, 11) is 0. The predicted molar refractivity (Wildman–Crippen MR) is 246 cm³/mol. The van der Waals surface area contributed by atoms with E-state index in [-0.39, 0.29) is 0 Å². The minimum absolute atomic E-state index is 1.10. The average molecular weight is 743 g/mol. The van der Waals surface area contributed by atoms with Crippen molar-refractivity contribution in [2.45, 2.75) is 0 Å². The van der Waals surface area contributed by atoms with E-state index in [1.165, 1.54) is 85.4 Å². The van der Waals surface area contributed by atoms with Gasteiger partial charge in [0.25, 0.3) is 0 Å². The average Bonchev–Trinajstić information content (AvgIpc) is 3.82. The second-order valence-electron chi connectivity index (χ2n) is 14.9. The van der Waals surface area contributed by atoms with Crippen LogP contribution < -0.4 is 4.90 Å². The molecule has 0 spiro atoms. The van der Waals surface area contributed by atoms with Gasteiger partial charge in [-0.2, -0.15) is 0 Å². The molecule has 0 radical (unpaired) electrons. The van der Waals surface area contributed by atoms with E-state index in [4.69, 9.17) is 0 Å². The summed E-state index contributed by atoms with van der Waals surface area (Å²) in [6.45, 7) is 0. The molecule has 0 saturated carbocycles. The number of thiophene rings is 1. The SMILES string of the molecule is c1ccc(-n2c3ccccc3c3ccc(N(c4ccc5sc6c7ccccc7ccc6c5c4)c4cc(-c5ccc6ccccc6c5)cc5ccccc45)cc32)cc1. The highest BCUT2D eigenvalue weighted by molar-refractivity contribution is 7.26. The van der Waals surface area contributed by atoms with Crippen molar-refractivity contribution in [2.75, 3.05) is 4.90 Å². The summed E-state index contributed by atoms with van der Waals surface area (Å²) in [6, 6.07) is 75.9. The fourth-order valence-electron chi connectivity index (χ4n) is 9.02. The van der Waals surface area contributed by atoms with Crippen LogP contribution in [-0.2, 0) is 0 Å². The number of benzene rings is 10. The van der Waals surface area contributed by atoms with Gasteiger partial charge in [0.05, 0.1) is 16.7 Å². The molecule has 0 amide bonds. The summed E-state index contributed by atoms with van der Waals surface area (Å²) in [4.78, 5) is 2.49. The third-order valence-corrected chi connectivity index (χ3v) is 12.9. The molecule has 10 aromatic carbocycles. The lowest BCUT2D eigenvalue weighted by molar-refractivity contribution is 1.18. The van der Waals surface area contributed by atoms with Crippen LogP contribution in [-0.4, -0.2) is 4.57 Å². The number of hydrogen-bond donors (Lipinski definition) is 0. The van der Waals surface area contributed by atoms with E-state index in [1.807, 2.05) is 11.3 Å². The largest absolute Gasteiger partial charge is 0.310 e. The Labute approximate surface area is 333 Å². The van der Waals surface area contributed by atoms with Crippen LogP contribution in [0.3, 0.4) is 0 Å². The Morgan fingerprint density at radius 1 is 0.351 bits per heavy atom. The van der Waals surface area contributed by atoms with E-state index in [0.717, 1.165) is 22.7 Å². The van der Waals surface area contributed by atoms with E-state index in [1.54, 1.807) is 0 Å². The molecule has 0 N–H and O–H groups in total. The predicted octanol–water partition coefficient (Wildman–Crippen LogP) is 15.7. The van der Waals surface area contributed by atoms with E-state index < -0.39 is 0 Å². The number of para-hydroxylation sites is 2. The Kier molecular flexibility index (Phi) is 7.13. The van der Waals surface area contributed by atoms with Crippen molar-refractivity contribution in [2.24, 2.45) is 0 Å². The molecule has 0 aliphatic rings. The topological polar surface area (TPSA) is 8.17 Å². The van der Waals surface area contributed by atoms with Crippen molar-refractivity contribution >= 4 is 103 Å². The summed E-state index contributed by atoms with van der Waals surface area (Å²) in [5.74, 6) is 0. The molecule has 266 valence electrons. The standard InChI is InChI=1S/C54H34N2S/c1-2-16-41(17-3-1)56-50-21-11-10-20-46(50)47-28-25-43(34-52(47)56)55(42-26-29-53-49(33-42)48-27-24-36-13-6-9-19-45(36)54(48)57-53)51-32-40(31-39-15-7-8-18-44(39)51)38-23-22-35-12-4-5-14-37(35)30-38/h1-34H. The van der Waals surface area contributed by atoms with Crippen LogP contribution in [0.4, 0.5) is 17.1 Å². The second-order valence-corrected chi connectivity index (χ2v) is 16.0. The van der Waals surface area contributed by atoms with Gasteiger partial charge in [0.2, 0.25) is 0 Å². The van der Waals surface area contributed by atoms with Crippen LogP contribution in [0.2, 0.25) is 0 Å². The van der Waals surface area contributed by atoms with Crippen LogP contribution in [0.5, 0.6) is 0 Å². The summed E-state index contributed by atoms with van der Waals surface area (Å²) < 4.78 is 5.04. The first-order valence-corrected chi connectivity index (χ1v) is 20.3. The Balaban J connectivity index is 1.16. The molecule has 3 heteroatoms. The third kappa shape index (κ3) is 5.10. The Hall–Kier alpha value is -7.20. The molecular weight excluding hydrogens is 709 g/mol. The highest BCUT2D eigenvalue weighted by Gasteiger charge is 2.21. The molecule has 0 saturated heterocycles. The molecule has 0 fully saturated rings. The van der Waals surface area contributed by atoms with Crippen molar-refractivity contribution < 1.29 is 0 Å². The molecule has 2 aromatic heterocycles. The number of aromatic nitrogens is 1. The van der Waals surface area contributed by atoms with Gasteiger partial charge in [0.15, 0.2) is 0 Å². The van der Waals surface area contributed by atoms with Crippen molar-refractivity contribution in [3.63, 3.8) is 0 Å². The van der Waals surface area contributed by atoms with Gasteiger partial charge in [-0.25, -0.2) is 0 Å². The monoisotopic (exact) mass is 742 g/mol. The molecule has 0 aliphatic heterocycles.